The summed E-state index contributed by atoms with van der Waals surface area (Å²) in [7, 11) is 0. The Labute approximate surface area is 195 Å². The van der Waals surface area contributed by atoms with Gasteiger partial charge in [-0.2, -0.15) is 10.4 Å². The fourth-order valence-electron chi connectivity index (χ4n) is 3.60. The van der Waals surface area contributed by atoms with Crippen molar-refractivity contribution >= 4 is 34.4 Å². The number of benzene rings is 2. The number of carbonyl (C=O) groups is 2. The molecule has 8 heteroatoms. The van der Waals surface area contributed by atoms with Crippen LogP contribution in [0.1, 0.15) is 40.0 Å². The highest BCUT2D eigenvalue weighted by molar-refractivity contribution is 7.16. The van der Waals surface area contributed by atoms with E-state index in [1.165, 1.54) is 17.6 Å². The summed E-state index contributed by atoms with van der Waals surface area (Å²) in [5, 5.41) is 16.4. The van der Waals surface area contributed by atoms with Crippen LogP contribution in [0.5, 0.6) is 5.75 Å². The molecule has 0 saturated carbocycles. The van der Waals surface area contributed by atoms with E-state index < -0.39 is 11.8 Å². The van der Waals surface area contributed by atoms with E-state index in [2.05, 4.69) is 21.9 Å². The van der Waals surface area contributed by atoms with E-state index in [4.69, 9.17) is 4.74 Å². The van der Waals surface area contributed by atoms with Gasteiger partial charge in [0.1, 0.15) is 23.4 Å². The second kappa shape index (κ2) is 10.6. The maximum atomic E-state index is 12.3. The minimum absolute atomic E-state index is 0.395. The third kappa shape index (κ3) is 5.45. The van der Waals surface area contributed by atoms with Crippen molar-refractivity contribution in [1.82, 2.24) is 5.43 Å². The van der Waals surface area contributed by atoms with Crippen LogP contribution in [0.2, 0.25) is 0 Å². The molecule has 166 valence electrons. The third-order valence-corrected chi connectivity index (χ3v) is 6.45. The van der Waals surface area contributed by atoms with Gasteiger partial charge in [0.05, 0.1) is 11.8 Å². The molecule has 0 fully saturated rings. The van der Waals surface area contributed by atoms with E-state index in [0.29, 0.717) is 28.5 Å². The van der Waals surface area contributed by atoms with Gasteiger partial charge in [0.15, 0.2) is 0 Å². The highest BCUT2D eigenvalue weighted by Gasteiger charge is 2.23. The first-order chi connectivity index (χ1) is 16.2. The summed E-state index contributed by atoms with van der Waals surface area (Å²) in [5.41, 5.74) is 5.38. The van der Waals surface area contributed by atoms with Gasteiger partial charge >= 0.3 is 11.8 Å². The van der Waals surface area contributed by atoms with Gasteiger partial charge in [-0.25, -0.2) is 5.43 Å². The van der Waals surface area contributed by atoms with E-state index >= 15 is 0 Å². The topological polar surface area (TPSA) is 104 Å². The Morgan fingerprint density at radius 3 is 2.64 bits per heavy atom. The molecule has 0 bridgehead atoms. The zero-order valence-electron chi connectivity index (χ0n) is 17.8. The number of para-hydroxylation sites is 1. The lowest BCUT2D eigenvalue weighted by atomic mass is 9.96. The number of nitriles is 1. The molecular formula is C25H22N4O3S. The Hall–Kier alpha value is -3.96. The lowest BCUT2D eigenvalue weighted by Crippen LogP contribution is -2.32. The SMILES string of the molecule is N#Cc1c(NC(=O)C(=O)N/N=C\c2ccccc2OCc2ccccc2)sc2c1CCCC2. The number of hydrogen-bond acceptors (Lipinski definition) is 6. The second-order valence-electron chi connectivity index (χ2n) is 7.49. The van der Waals surface area contributed by atoms with Gasteiger partial charge in [0, 0.05) is 10.4 Å². The molecule has 1 heterocycles. The number of anilines is 1. The van der Waals surface area contributed by atoms with Crippen molar-refractivity contribution in [2.45, 2.75) is 32.3 Å². The fourth-order valence-corrected chi connectivity index (χ4v) is 4.83. The molecule has 0 spiro atoms. The van der Waals surface area contributed by atoms with Crippen molar-refractivity contribution < 1.29 is 14.3 Å². The molecular weight excluding hydrogens is 436 g/mol. The molecule has 0 aliphatic heterocycles. The lowest BCUT2D eigenvalue weighted by molar-refractivity contribution is -0.136. The van der Waals surface area contributed by atoms with Crippen LogP contribution in [0.3, 0.4) is 0 Å². The normalized spacial score (nSPS) is 12.6. The predicted molar refractivity (Wildman–Crippen MR) is 127 cm³/mol. The minimum atomic E-state index is -0.913. The summed E-state index contributed by atoms with van der Waals surface area (Å²) in [6, 6.07) is 19.2. The van der Waals surface area contributed by atoms with Crippen molar-refractivity contribution in [3.8, 4) is 11.8 Å². The van der Waals surface area contributed by atoms with E-state index in [1.54, 1.807) is 12.1 Å². The molecule has 4 rings (SSSR count). The van der Waals surface area contributed by atoms with Crippen LogP contribution < -0.4 is 15.5 Å². The first-order valence-electron chi connectivity index (χ1n) is 10.6. The Bertz CT molecular complexity index is 1230. The van der Waals surface area contributed by atoms with E-state index in [-0.39, 0.29) is 0 Å². The number of nitrogens with one attached hydrogen (secondary N) is 2. The van der Waals surface area contributed by atoms with Crippen molar-refractivity contribution in [2.24, 2.45) is 5.10 Å². The van der Waals surface area contributed by atoms with Crippen LogP contribution in [0.25, 0.3) is 0 Å². The van der Waals surface area contributed by atoms with Gasteiger partial charge in [0.2, 0.25) is 0 Å². The maximum Gasteiger partial charge on any atom is 0.329 e. The zero-order chi connectivity index (χ0) is 23.0. The van der Waals surface area contributed by atoms with Gasteiger partial charge in [-0.15, -0.1) is 11.3 Å². The monoisotopic (exact) mass is 458 g/mol. The molecule has 7 nitrogen and oxygen atoms in total. The summed E-state index contributed by atoms with van der Waals surface area (Å²) < 4.78 is 5.86. The molecule has 0 saturated heterocycles. The van der Waals surface area contributed by atoms with Gasteiger partial charge in [-0.05, 0) is 48.9 Å². The number of fused-ring (bicyclic) bond motifs is 1. The molecule has 3 aromatic rings. The van der Waals surface area contributed by atoms with Crippen LogP contribution in [-0.4, -0.2) is 18.0 Å². The third-order valence-electron chi connectivity index (χ3n) is 5.24. The largest absolute Gasteiger partial charge is 0.488 e. The number of aryl methyl sites for hydroxylation is 1. The average molecular weight is 459 g/mol. The predicted octanol–water partition coefficient (Wildman–Crippen LogP) is 4.17. The van der Waals surface area contributed by atoms with Crippen LogP contribution in [0.15, 0.2) is 59.7 Å². The summed E-state index contributed by atoms with van der Waals surface area (Å²) in [6.45, 7) is 0.395. The molecule has 2 N–H and O–H groups in total. The van der Waals surface area contributed by atoms with Crippen LogP contribution >= 0.6 is 11.3 Å². The minimum Gasteiger partial charge on any atom is -0.488 e. The standard InChI is InChI=1S/C25H22N4O3S/c26-14-20-19-11-5-7-13-22(19)33-25(20)28-23(30)24(31)29-27-15-18-10-4-6-12-21(18)32-16-17-8-2-1-3-9-17/h1-4,6,8-10,12,15H,5,7,11,13,16H2,(H,28,30)(H,29,31)/b27-15-. The van der Waals surface area contributed by atoms with E-state index in [0.717, 1.165) is 41.7 Å². The van der Waals surface area contributed by atoms with Gasteiger partial charge in [0.25, 0.3) is 0 Å². The van der Waals surface area contributed by atoms with Crippen LogP contribution in [0, 0.1) is 11.3 Å². The van der Waals surface area contributed by atoms with E-state index in [1.807, 2.05) is 42.5 Å². The van der Waals surface area contributed by atoms with Gasteiger partial charge < -0.3 is 10.1 Å². The number of nitrogens with zero attached hydrogens (tertiary/aromatic N) is 2. The Morgan fingerprint density at radius 2 is 1.82 bits per heavy atom. The molecule has 1 aliphatic carbocycles. The number of ether oxygens (including phenoxy) is 1. The Morgan fingerprint density at radius 1 is 1.06 bits per heavy atom. The molecule has 1 aliphatic rings. The zero-order valence-corrected chi connectivity index (χ0v) is 18.7. The highest BCUT2D eigenvalue weighted by Crippen LogP contribution is 2.37. The highest BCUT2D eigenvalue weighted by atomic mass is 32.1. The molecule has 0 unspecified atom stereocenters. The quantitative estimate of drug-likeness (QED) is 0.329. The second-order valence-corrected chi connectivity index (χ2v) is 8.60. The Kier molecular flexibility index (Phi) is 7.12. The van der Waals surface area contributed by atoms with Crippen LogP contribution in [0.4, 0.5) is 5.00 Å². The van der Waals surface area contributed by atoms with Crippen LogP contribution in [-0.2, 0) is 29.0 Å². The molecule has 2 aromatic carbocycles. The number of hydrogen-bond donors (Lipinski definition) is 2. The van der Waals surface area contributed by atoms with Crippen molar-refractivity contribution in [2.75, 3.05) is 5.32 Å². The van der Waals surface area contributed by atoms with Crippen molar-refractivity contribution in [1.29, 1.82) is 5.26 Å². The molecule has 1 aromatic heterocycles. The number of carbonyl (C=O) groups excluding carboxylic acids is 2. The number of rotatable bonds is 6. The Balaban J connectivity index is 1.36. The fraction of sp³-hybridized carbons (Fsp3) is 0.200. The summed E-state index contributed by atoms with van der Waals surface area (Å²) >= 11 is 1.37. The maximum absolute atomic E-state index is 12.3. The number of hydrazone groups is 1. The molecule has 0 radical (unpaired) electrons. The number of thiophene rings is 1. The number of amides is 2. The first kappa shape index (κ1) is 22.2. The first-order valence-corrected chi connectivity index (χ1v) is 11.4. The molecule has 2 amide bonds. The van der Waals surface area contributed by atoms with Crippen molar-refractivity contribution in [3.05, 3.63) is 81.7 Å². The van der Waals surface area contributed by atoms with Gasteiger partial charge in [-0.1, -0.05) is 42.5 Å². The summed E-state index contributed by atoms with van der Waals surface area (Å²) in [5.74, 6) is -1.17. The van der Waals surface area contributed by atoms with E-state index in [9.17, 15) is 14.9 Å². The van der Waals surface area contributed by atoms with Crippen molar-refractivity contribution in [3.63, 3.8) is 0 Å². The molecule has 0 atom stereocenters. The summed E-state index contributed by atoms with van der Waals surface area (Å²) in [4.78, 5) is 25.7. The molecule has 33 heavy (non-hydrogen) atoms. The van der Waals surface area contributed by atoms with Gasteiger partial charge in [-0.3, -0.25) is 9.59 Å². The summed E-state index contributed by atoms with van der Waals surface area (Å²) in [6.07, 6.45) is 5.24. The average Bonchev–Trinajstić information content (AvgIpc) is 3.20. The lowest BCUT2D eigenvalue weighted by Gasteiger charge is -2.09. The smallest absolute Gasteiger partial charge is 0.329 e.